The first kappa shape index (κ1) is 24.7. The molecule has 7 nitrogen and oxygen atoms in total. The standard InChI is InChI=1S/C29H30N4O3/c1-21(2)18-32(28(35)23-10-6-4-7-11-23)20-27(34)31-29-30-26(22-14-16-25(36-3)17-15-22)19-33(29)24-12-8-5-9-13-24/h4-17,19,21H,18,20H2,1-3H3,(H,30,31,34). The minimum Gasteiger partial charge on any atom is -0.497 e. The lowest BCUT2D eigenvalue weighted by molar-refractivity contribution is -0.117. The number of carbonyl (C=O) groups is 2. The van der Waals surface area contributed by atoms with Gasteiger partial charge in [-0.25, -0.2) is 4.98 Å². The van der Waals surface area contributed by atoms with Crippen LogP contribution < -0.4 is 10.1 Å². The van der Waals surface area contributed by atoms with Gasteiger partial charge in [0.15, 0.2) is 0 Å². The summed E-state index contributed by atoms with van der Waals surface area (Å²) in [4.78, 5) is 32.6. The molecule has 0 spiro atoms. The molecule has 0 atom stereocenters. The lowest BCUT2D eigenvalue weighted by Gasteiger charge is -2.24. The van der Waals surface area contributed by atoms with E-state index in [9.17, 15) is 9.59 Å². The van der Waals surface area contributed by atoms with E-state index >= 15 is 0 Å². The highest BCUT2D eigenvalue weighted by atomic mass is 16.5. The highest BCUT2D eigenvalue weighted by Crippen LogP contribution is 2.26. The van der Waals surface area contributed by atoms with Crippen LogP contribution >= 0.6 is 0 Å². The van der Waals surface area contributed by atoms with Crippen LogP contribution in [-0.2, 0) is 4.79 Å². The third kappa shape index (κ3) is 5.99. The Kier molecular flexibility index (Phi) is 7.80. The molecule has 0 radical (unpaired) electrons. The van der Waals surface area contributed by atoms with Crippen molar-refractivity contribution < 1.29 is 14.3 Å². The fraction of sp³-hybridized carbons (Fsp3) is 0.207. The van der Waals surface area contributed by atoms with E-state index in [1.165, 1.54) is 0 Å². The van der Waals surface area contributed by atoms with E-state index < -0.39 is 0 Å². The van der Waals surface area contributed by atoms with Gasteiger partial charge in [-0.05, 0) is 54.4 Å². The van der Waals surface area contributed by atoms with Crippen LogP contribution in [0.1, 0.15) is 24.2 Å². The van der Waals surface area contributed by atoms with Gasteiger partial charge in [-0.3, -0.25) is 19.5 Å². The first-order chi connectivity index (χ1) is 17.4. The molecule has 0 aliphatic heterocycles. The number of para-hydroxylation sites is 1. The van der Waals surface area contributed by atoms with Gasteiger partial charge >= 0.3 is 0 Å². The molecule has 7 heteroatoms. The molecule has 0 aliphatic carbocycles. The van der Waals surface area contributed by atoms with Gasteiger partial charge in [0.25, 0.3) is 5.91 Å². The number of aromatic nitrogens is 2. The monoisotopic (exact) mass is 482 g/mol. The van der Waals surface area contributed by atoms with E-state index in [2.05, 4.69) is 5.32 Å². The molecular weight excluding hydrogens is 452 g/mol. The van der Waals surface area contributed by atoms with Crippen molar-refractivity contribution in [3.05, 3.63) is 96.7 Å². The first-order valence-electron chi connectivity index (χ1n) is 11.9. The smallest absolute Gasteiger partial charge is 0.254 e. The number of hydrogen-bond donors (Lipinski definition) is 1. The first-order valence-corrected chi connectivity index (χ1v) is 11.9. The Morgan fingerprint density at radius 2 is 1.58 bits per heavy atom. The second-order valence-electron chi connectivity index (χ2n) is 8.88. The average Bonchev–Trinajstić information content (AvgIpc) is 3.32. The zero-order valence-corrected chi connectivity index (χ0v) is 20.7. The van der Waals surface area contributed by atoms with Crippen LogP contribution in [0.3, 0.4) is 0 Å². The summed E-state index contributed by atoms with van der Waals surface area (Å²) in [7, 11) is 1.62. The van der Waals surface area contributed by atoms with Gasteiger partial charge in [-0.1, -0.05) is 50.2 Å². The number of carbonyl (C=O) groups excluding carboxylic acids is 2. The third-order valence-electron chi connectivity index (χ3n) is 5.61. The number of methoxy groups -OCH3 is 1. The largest absolute Gasteiger partial charge is 0.497 e. The maximum absolute atomic E-state index is 13.2. The van der Waals surface area contributed by atoms with E-state index in [1.807, 2.05) is 97.4 Å². The van der Waals surface area contributed by atoms with Crippen molar-refractivity contribution in [2.45, 2.75) is 13.8 Å². The van der Waals surface area contributed by atoms with Gasteiger partial charge in [0, 0.05) is 29.6 Å². The third-order valence-corrected chi connectivity index (χ3v) is 5.61. The Bertz CT molecular complexity index is 1300. The quantitative estimate of drug-likeness (QED) is 0.352. The van der Waals surface area contributed by atoms with Crippen LogP contribution in [0.2, 0.25) is 0 Å². The summed E-state index contributed by atoms with van der Waals surface area (Å²) in [5.41, 5.74) is 3.01. The van der Waals surface area contributed by atoms with E-state index in [1.54, 1.807) is 24.1 Å². The number of ether oxygens (including phenoxy) is 1. The minimum absolute atomic E-state index is 0.0779. The van der Waals surface area contributed by atoms with Crippen LogP contribution in [0.5, 0.6) is 5.75 Å². The van der Waals surface area contributed by atoms with Crippen molar-refractivity contribution in [2.75, 3.05) is 25.5 Å². The van der Waals surface area contributed by atoms with Gasteiger partial charge in [-0.15, -0.1) is 0 Å². The van der Waals surface area contributed by atoms with E-state index in [-0.39, 0.29) is 24.3 Å². The molecular formula is C29H30N4O3. The van der Waals surface area contributed by atoms with E-state index in [0.717, 1.165) is 17.0 Å². The predicted octanol–water partition coefficient (Wildman–Crippen LogP) is 5.28. The number of nitrogens with one attached hydrogen (secondary N) is 1. The molecule has 0 saturated carbocycles. The Labute approximate surface area is 211 Å². The Morgan fingerprint density at radius 1 is 0.944 bits per heavy atom. The fourth-order valence-electron chi connectivity index (χ4n) is 3.92. The minimum atomic E-state index is -0.316. The molecule has 0 bridgehead atoms. The van der Waals surface area contributed by atoms with Gasteiger partial charge in [0.2, 0.25) is 11.9 Å². The molecule has 2 amide bonds. The topological polar surface area (TPSA) is 76.5 Å². The molecule has 184 valence electrons. The summed E-state index contributed by atoms with van der Waals surface area (Å²) in [6, 6.07) is 26.3. The maximum Gasteiger partial charge on any atom is 0.254 e. The number of nitrogens with zero attached hydrogens (tertiary/aromatic N) is 3. The molecule has 4 aromatic rings. The SMILES string of the molecule is COc1ccc(-c2cn(-c3ccccc3)c(NC(=O)CN(CC(C)C)C(=O)c3ccccc3)n2)cc1. The number of rotatable bonds is 9. The second-order valence-corrected chi connectivity index (χ2v) is 8.88. The van der Waals surface area contributed by atoms with E-state index in [0.29, 0.717) is 23.8 Å². The Balaban J connectivity index is 1.60. The van der Waals surface area contributed by atoms with Gasteiger partial charge in [-0.2, -0.15) is 0 Å². The number of imidazole rings is 1. The van der Waals surface area contributed by atoms with Gasteiger partial charge in [0.05, 0.1) is 12.8 Å². The van der Waals surface area contributed by atoms with Crippen LogP contribution in [0.25, 0.3) is 16.9 Å². The highest BCUT2D eigenvalue weighted by Gasteiger charge is 2.21. The van der Waals surface area contributed by atoms with E-state index in [4.69, 9.17) is 9.72 Å². The second kappa shape index (κ2) is 11.4. The number of benzene rings is 3. The molecule has 1 aromatic heterocycles. The normalized spacial score (nSPS) is 10.8. The van der Waals surface area contributed by atoms with Crippen molar-refractivity contribution in [3.63, 3.8) is 0 Å². The van der Waals surface area contributed by atoms with Gasteiger partial charge < -0.3 is 9.64 Å². The summed E-state index contributed by atoms with van der Waals surface area (Å²) in [5.74, 6) is 0.851. The number of anilines is 1. The molecule has 0 unspecified atom stereocenters. The van der Waals surface area contributed by atoms with Crippen molar-refractivity contribution in [1.29, 1.82) is 0 Å². The average molecular weight is 483 g/mol. The van der Waals surface area contributed by atoms with Crippen molar-refractivity contribution in [1.82, 2.24) is 14.5 Å². The number of amides is 2. The maximum atomic E-state index is 13.2. The fourth-order valence-corrected chi connectivity index (χ4v) is 3.92. The molecule has 4 rings (SSSR count). The lowest BCUT2D eigenvalue weighted by atomic mass is 10.1. The van der Waals surface area contributed by atoms with Crippen molar-refractivity contribution in [3.8, 4) is 22.7 Å². The zero-order chi connectivity index (χ0) is 25.5. The molecule has 3 aromatic carbocycles. The molecule has 1 heterocycles. The Morgan fingerprint density at radius 3 is 2.19 bits per heavy atom. The molecule has 0 saturated heterocycles. The number of hydrogen-bond acceptors (Lipinski definition) is 4. The lowest BCUT2D eigenvalue weighted by Crippen LogP contribution is -2.40. The van der Waals surface area contributed by atoms with Crippen molar-refractivity contribution in [2.24, 2.45) is 5.92 Å². The predicted molar refractivity (Wildman–Crippen MR) is 141 cm³/mol. The zero-order valence-electron chi connectivity index (χ0n) is 20.7. The molecule has 0 fully saturated rings. The van der Waals surface area contributed by atoms with Gasteiger partial charge in [0.1, 0.15) is 12.3 Å². The van der Waals surface area contributed by atoms with Crippen LogP contribution in [-0.4, -0.2) is 46.5 Å². The molecule has 0 aliphatic rings. The van der Waals surface area contributed by atoms with Crippen molar-refractivity contribution >= 4 is 17.8 Å². The summed E-state index contributed by atoms with van der Waals surface area (Å²) in [6.07, 6.45) is 1.88. The highest BCUT2D eigenvalue weighted by molar-refractivity contribution is 5.99. The summed E-state index contributed by atoms with van der Waals surface area (Å²) < 4.78 is 7.09. The summed E-state index contributed by atoms with van der Waals surface area (Å²) in [6.45, 7) is 4.43. The molecule has 36 heavy (non-hydrogen) atoms. The Hall–Kier alpha value is -4.39. The van der Waals surface area contributed by atoms with Crippen LogP contribution in [0, 0.1) is 5.92 Å². The van der Waals surface area contributed by atoms with Crippen LogP contribution in [0.15, 0.2) is 91.1 Å². The van der Waals surface area contributed by atoms with Crippen LogP contribution in [0.4, 0.5) is 5.95 Å². The summed E-state index contributed by atoms with van der Waals surface area (Å²) >= 11 is 0. The molecule has 1 N–H and O–H groups in total. The summed E-state index contributed by atoms with van der Waals surface area (Å²) in [5, 5.41) is 2.93.